The Labute approximate surface area is 126 Å². The molecule has 0 aromatic carbocycles. The van der Waals surface area contributed by atoms with Gasteiger partial charge in [0.25, 0.3) is 0 Å². The van der Waals surface area contributed by atoms with Crippen molar-refractivity contribution in [1.82, 2.24) is 15.5 Å². The molecule has 116 valence electrons. The van der Waals surface area contributed by atoms with Crippen LogP contribution in [0.5, 0.6) is 0 Å². The van der Waals surface area contributed by atoms with Gasteiger partial charge in [-0.1, -0.05) is 6.92 Å². The average molecular weight is 301 g/mol. The minimum atomic E-state index is 0.0137. The van der Waals surface area contributed by atoms with Gasteiger partial charge in [0, 0.05) is 26.2 Å². The van der Waals surface area contributed by atoms with Crippen molar-refractivity contribution in [2.24, 2.45) is 0 Å². The standard InChI is InChI=1S/C14H27N3O2S/c1-2-6-15-7-8-16-13(18)11-20-12-14(19)17-9-4-3-5-10-17/h15H,2-12H2,1H3,(H,16,18). The van der Waals surface area contributed by atoms with Crippen LogP contribution in [0.4, 0.5) is 0 Å². The Morgan fingerprint density at radius 3 is 2.50 bits per heavy atom. The second-order valence-corrected chi connectivity index (χ2v) is 6.02. The number of piperidine rings is 1. The lowest BCUT2D eigenvalue weighted by Gasteiger charge is -2.26. The average Bonchev–Trinajstić information content (AvgIpc) is 2.48. The van der Waals surface area contributed by atoms with Gasteiger partial charge in [-0.15, -0.1) is 11.8 Å². The van der Waals surface area contributed by atoms with E-state index >= 15 is 0 Å². The van der Waals surface area contributed by atoms with Crippen LogP contribution in [0, 0.1) is 0 Å². The van der Waals surface area contributed by atoms with E-state index in [1.165, 1.54) is 18.2 Å². The number of hydrogen-bond donors (Lipinski definition) is 2. The van der Waals surface area contributed by atoms with E-state index in [0.29, 0.717) is 18.1 Å². The summed E-state index contributed by atoms with van der Waals surface area (Å²) in [6.45, 7) is 6.32. The van der Waals surface area contributed by atoms with E-state index in [2.05, 4.69) is 17.6 Å². The second-order valence-electron chi connectivity index (χ2n) is 5.03. The SMILES string of the molecule is CCCNCCNC(=O)CSCC(=O)N1CCCCC1. The monoisotopic (exact) mass is 301 g/mol. The van der Waals surface area contributed by atoms with Crippen molar-refractivity contribution in [3.63, 3.8) is 0 Å². The lowest BCUT2D eigenvalue weighted by molar-refractivity contribution is -0.129. The van der Waals surface area contributed by atoms with E-state index in [9.17, 15) is 9.59 Å². The Bertz CT molecular complexity index is 294. The summed E-state index contributed by atoms with van der Waals surface area (Å²) >= 11 is 1.41. The van der Waals surface area contributed by atoms with E-state index in [-0.39, 0.29) is 11.8 Å². The Kier molecular flexibility index (Phi) is 9.49. The molecule has 1 rings (SSSR count). The highest BCUT2D eigenvalue weighted by molar-refractivity contribution is 8.00. The first kappa shape index (κ1) is 17.3. The molecule has 0 unspecified atom stereocenters. The van der Waals surface area contributed by atoms with Crippen LogP contribution in [0.2, 0.25) is 0 Å². The highest BCUT2D eigenvalue weighted by Crippen LogP contribution is 2.11. The number of hydrogen-bond acceptors (Lipinski definition) is 4. The van der Waals surface area contributed by atoms with Gasteiger partial charge in [0.1, 0.15) is 0 Å². The minimum Gasteiger partial charge on any atom is -0.354 e. The zero-order chi connectivity index (χ0) is 14.6. The van der Waals surface area contributed by atoms with E-state index in [1.54, 1.807) is 0 Å². The van der Waals surface area contributed by atoms with Gasteiger partial charge in [0.05, 0.1) is 11.5 Å². The Morgan fingerprint density at radius 2 is 1.80 bits per heavy atom. The predicted octanol–water partition coefficient (Wildman–Crippen LogP) is 0.848. The van der Waals surface area contributed by atoms with Gasteiger partial charge in [-0.25, -0.2) is 0 Å². The number of likely N-dealkylation sites (tertiary alicyclic amines) is 1. The van der Waals surface area contributed by atoms with E-state index < -0.39 is 0 Å². The molecule has 6 heteroatoms. The first-order chi connectivity index (χ1) is 9.74. The van der Waals surface area contributed by atoms with Gasteiger partial charge >= 0.3 is 0 Å². The fraction of sp³-hybridized carbons (Fsp3) is 0.857. The van der Waals surface area contributed by atoms with Crippen LogP contribution < -0.4 is 10.6 Å². The number of rotatable bonds is 9. The first-order valence-electron chi connectivity index (χ1n) is 7.57. The molecule has 0 radical (unpaired) electrons. The van der Waals surface area contributed by atoms with Gasteiger partial charge in [-0.2, -0.15) is 0 Å². The molecular formula is C14H27N3O2S. The zero-order valence-electron chi connectivity index (χ0n) is 12.5. The third kappa shape index (κ3) is 7.75. The molecule has 2 amide bonds. The summed E-state index contributed by atoms with van der Waals surface area (Å²) < 4.78 is 0. The predicted molar refractivity (Wildman–Crippen MR) is 83.9 cm³/mol. The van der Waals surface area contributed by atoms with Crippen molar-refractivity contribution in [3.05, 3.63) is 0 Å². The molecule has 0 bridgehead atoms. The second kappa shape index (κ2) is 11.0. The summed E-state index contributed by atoms with van der Waals surface area (Å²) in [6, 6.07) is 0. The molecule has 0 aliphatic carbocycles. The molecular weight excluding hydrogens is 274 g/mol. The smallest absolute Gasteiger partial charge is 0.232 e. The number of amides is 2. The lowest BCUT2D eigenvalue weighted by Crippen LogP contribution is -2.37. The van der Waals surface area contributed by atoms with Crippen LogP contribution in [0.3, 0.4) is 0 Å². The van der Waals surface area contributed by atoms with Crippen LogP contribution >= 0.6 is 11.8 Å². The third-order valence-corrected chi connectivity index (χ3v) is 4.14. The van der Waals surface area contributed by atoms with Crippen molar-refractivity contribution in [2.45, 2.75) is 32.6 Å². The van der Waals surface area contributed by atoms with Gasteiger partial charge in [-0.05, 0) is 32.2 Å². The summed E-state index contributed by atoms with van der Waals surface area (Å²) in [5.41, 5.74) is 0. The van der Waals surface area contributed by atoms with Crippen molar-refractivity contribution in [2.75, 3.05) is 44.2 Å². The Balaban J connectivity index is 1.99. The minimum absolute atomic E-state index is 0.0137. The number of thioether (sulfide) groups is 1. The molecule has 2 N–H and O–H groups in total. The molecule has 1 saturated heterocycles. The molecule has 0 saturated carbocycles. The summed E-state index contributed by atoms with van der Waals surface area (Å²) in [5, 5.41) is 6.07. The normalized spacial score (nSPS) is 15.2. The maximum Gasteiger partial charge on any atom is 0.232 e. The summed E-state index contributed by atoms with van der Waals surface area (Å²) in [6.07, 6.45) is 4.55. The van der Waals surface area contributed by atoms with Gasteiger partial charge in [0.2, 0.25) is 11.8 Å². The molecule has 0 spiro atoms. The maximum absolute atomic E-state index is 11.9. The van der Waals surface area contributed by atoms with Crippen LogP contribution in [0.25, 0.3) is 0 Å². The lowest BCUT2D eigenvalue weighted by atomic mass is 10.1. The molecule has 1 heterocycles. The van der Waals surface area contributed by atoms with Crippen LogP contribution in [-0.4, -0.2) is 60.9 Å². The number of nitrogens with one attached hydrogen (secondary N) is 2. The van der Waals surface area contributed by atoms with Gasteiger partial charge in [-0.3, -0.25) is 9.59 Å². The molecule has 1 aliphatic heterocycles. The van der Waals surface area contributed by atoms with Crippen molar-refractivity contribution >= 4 is 23.6 Å². The Morgan fingerprint density at radius 1 is 1.05 bits per heavy atom. The van der Waals surface area contributed by atoms with Crippen molar-refractivity contribution in [3.8, 4) is 0 Å². The van der Waals surface area contributed by atoms with E-state index in [1.807, 2.05) is 4.90 Å². The van der Waals surface area contributed by atoms with Gasteiger partial charge in [0.15, 0.2) is 0 Å². The van der Waals surface area contributed by atoms with Crippen LogP contribution in [0.15, 0.2) is 0 Å². The first-order valence-corrected chi connectivity index (χ1v) is 8.72. The topological polar surface area (TPSA) is 61.4 Å². The number of carbonyl (C=O) groups is 2. The van der Waals surface area contributed by atoms with E-state index in [4.69, 9.17) is 0 Å². The summed E-state index contributed by atoms with van der Waals surface area (Å²) in [4.78, 5) is 25.3. The highest BCUT2D eigenvalue weighted by atomic mass is 32.2. The largest absolute Gasteiger partial charge is 0.354 e. The van der Waals surface area contributed by atoms with Gasteiger partial charge < -0.3 is 15.5 Å². The summed E-state index contributed by atoms with van der Waals surface area (Å²) in [5.74, 6) is 0.973. The molecule has 20 heavy (non-hydrogen) atoms. The molecule has 1 aliphatic rings. The Hall–Kier alpha value is -0.750. The van der Waals surface area contributed by atoms with Crippen LogP contribution in [0.1, 0.15) is 32.6 Å². The number of carbonyl (C=O) groups excluding carboxylic acids is 2. The molecule has 0 atom stereocenters. The van der Waals surface area contributed by atoms with Crippen molar-refractivity contribution < 1.29 is 9.59 Å². The molecule has 5 nitrogen and oxygen atoms in total. The fourth-order valence-corrected chi connectivity index (χ4v) is 2.86. The summed E-state index contributed by atoms with van der Waals surface area (Å²) in [7, 11) is 0. The van der Waals surface area contributed by atoms with Crippen molar-refractivity contribution in [1.29, 1.82) is 0 Å². The van der Waals surface area contributed by atoms with E-state index in [0.717, 1.165) is 45.4 Å². The zero-order valence-corrected chi connectivity index (χ0v) is 13.3. The number of nitrogens with zero attached hydrogens (tertiary/aromatic N) is 1. The maximum atomic E-state index is 11.9. The highest BCUT2D eigenvalue weighted by Gasteiger charge is 2.16. The molecule has 1 fully saturated rings. The van der Waals surface area contributed by atoms with Crippen LogP contribution in [-0.2, 0) is 9.59 Å². The molecule has 0 aromatic heterocycles. The fourth-order valence-electron chi connectivity index (χ4n) is 2.11. The third-order valence-electron chi connectivity index (χ3n) is 3.22. The quantitative estimate of drug-likeness (QED) is 0.620. The molecule has 0 aromatic rings.